The van der Waals surface area contributed by atoms with E-state index in [4.69, 9.17) is 5.84 Å². The smallest absolute Gasteiger partial charge is 0.146 e. The number of hydrogen-bond donors (Lipinski definition) is 2. The van der Waals surface area contributed by atoms with Crippen molar-refractivity contribution in [3.8, 4) is 0 Å². The third-order valence-electron chi connectivity index (χ3n) is 2.91. The summed E-state index contributed by atoms with van der Waals surface area (Å²) in [5.74, 6) is 5.17. The number of hydrazine groups is 1. The molecule has 0 spiro atoms. The van der Waals surface area contributed by atoms with Gasteiger partial charge in [0.25, 0.3) is 0 Å². The molecule has 0 aliphatic heterocycles. The molecule has 0 saturated carbocycles. The topological polar surface area (TPSA) is 50.9 Å². The second-order valence-corrected chi connectivity index (χ2v) is 4.29. The molecule has 0 fully saturated rings. The number of halogens is 1. The highest BCUT2D eigenvalue weighted by Crippen LogP contribution is 2.19. The fourth-order valence-electron chi connectivity index (χ4n) is 1.91. The molecule has 17 heavy (non-hydrogen) atoms. The lowest BCUT2D eigenvalue weighted by Gasteiger charge is -2.15. The summed E-state index contributed by atoms with van der Waals surface area (Å²) in [6.45, 7) is 2.19. The number of pyridine rings is 1. The van der Waals surface area contributed by atoms with E-state index in [0.717, 1.165) is 12.8 Å². The van der Waals surface area contributed by atoms with E-state index >= 15 is 0 Å². The molecule has 3 nitrogen and oxygen atoms in total. The number of aromatic nitrogens is 1. The maximum atomic E-state index is 13.5. The summed E-state index contributed by atoms with van der Waals surface area (Å²) in [5.41, 5.74) is 3.07. The number of hydrogen-bond acceptors (Lipinski definition) is 3. The van der Waals surface area contributed by atoms with Crippen molar-refractivity contribution in [2.45, 2.75) is 51.5 Å². The first-order valence-corrected chi connectivity index (χ1v) is 6.36. The van der Waals surface area contributed by atoms with Crippen LogP contribution in [-0.2, 0) is 0 Å². The first kappa shape index (κ1) is 14.1. The molecule has 3 N–H and O–H groups in total. The minimum Gasteiger partial charge on any atom is -0.271 e. The van der Waals surface area contributed by atoms with Gasteiger partial charge in [-0.3, -0.25) is 16.3 Å². The fraction of sp³-hybridized carbons (Fsp3) is 0.615. The van der Waals surface area contributed by atoms with Crippen LogP contribution in [-0.4, -0.2) is 4.98 Å². The second-order valence-electron chi connectivity index (χ2n) is 4.29. The van der Waals surface area contributed by atoms with Gasteiger partial charge < -0.3 is 0 Å². The van der Waals surface area contributed by atoms with Crippen molar-refractivity contribution in [3.05, 3.63) is 29.8 Å². The van der Waals surface area contributed by atoms with E-state index in [2.05, 4.69) is 17.3 Å². The molecule has 0 aliphatic carbocycles. The largest absolute Gasteiger partial charge is 0.271 e. The van der Waals surface area contributed by atoms with Crippen LogP contribution in [0.1, 0.15) is 57.2 Å². The highest BCUT2D eigenvalue weighted by atomic mass is 19.1. The molecular formula is C13H22FN3. The zero-order chi connectivity index (χ0) is 12.5. The zero-order valence-corrected chi connectivity index (χ0v) is 10.5. The molecule has 0 bridgehead atoms. The van der Waals surface area contributed by atoms with Gasteiger partial charge in [0.15, 0.2) is 0 Å². The minimum absolute atomic E-state index is 0.183. The zero-order valence-electron chi connectivity index (χ0n) is 10.5. The quantitative estimate of drug-likeness (QED) is 0.416. The molecule has 1 atom stereocenters. The van der Waals surface area contributed by atoms with Gasteiger partial charge in [0.1, 0.15) is 5.82 Å². The van der Waals surface area contributed by atoms with Crippen LogP contribution >= 0.6 is 0 Å². The Balaban J connectivity index is 2.41. The standard InChI is InChI=1S/C13H22FN3/c1-2-3-4-5-6-9-12(17-15)13-11(14)8-7-10-16-13/h7-8,10,12,17H,2-6,9,15H2,1H3. The summed E-state index contributed by atoms with van der Waals surface area (Å²) in [5, 5.41) is 0. The van der Waals surface area contributed by atoms with Crippen LogP contribution in [0, 0.1) is 5.82 Å². The highest BCUT2D eigenvalue weighted by Gasteiger charge is 2.14. The number of unbranched alkanes of at least 4 members (excludes halogenated alkanes) is 4. The first-order chi connectivity index (χ1) is 8.29. The minimum atomic E-state index is -0.288. The molecule has 4 heteroatoms. The van der Waals surface area contributed by atoms with E-state index < -0.39 is 0 Å². The van der Waals surface area contributed by atoms with Gasteiger partial charge in [0.05, 0.1) is 11.7 Å². The summed E-state index contributed by atoms with van der Waals surface area (Å²) < 4.78 is 13.5. The number of nitrogens with one attached hydrogen (secondary N) is 1. The van der Waals surface area contributed by atoms with Gasteiger partial charge in [0, 0.05) is 6.20 Å². The summed E-state index contributed by atoms with van der Waals surface area (Å²) in [4.78, 5) is 4.05. The lowest BCUT2D eigenvalue weighted by molar-refractivity contribution is 0.447. The van der Waals surface area contributed by atoms with Crippen molar-refractivity contribution in [1.82, 2.24) is 10.4 Å². The lowest BCUT2D eigenvalue weighted by atomic mass is 10.0. The summed E-state index contributed by atoms with van der Waals surface area (Å²) in [6, 6.07) is 2.83. The monoisotopic (exact) mass is 239 g/mol. The molecule has 0 saturated heterocycles. The lowest BCUT2D eigenvalue weighted by Crippen LogP contribution is -2.29. The van der Waals surface area contributed by atoms with Gasteiger partial charge in [-0.1, -0.05) is 39.0 Å². The third kappa shape index (κ3) is 4.79. The Kier molecular flexibility index (Phi) is 6.74. The van der Waals surface area contributed by atoms with E-state index in [1.54, 1.807) is 12.3 Å². The molecule has 96 valence electrons. The van der Waals surface area contributed by atoms with E-state index in [1.807, 2.05) is 0 Å². The average molecular weight is 239 g/mol. The normalized spacial score (nSPS) is 12.6. The molecule has 0 aromatic carbocycles. The van der Waals surface area contributed by atoms with Crippen LogP contribution in [0.2, 0.25) is 0 Å². The SMILES string of the molecule is CCCCCCCC(NN)c1ncccc1F. The van der Waals surface area contributed by atoms with Gasteiger partial charge in [-0.05, 0) is 18.6 Å². The Morgan fingerprint density at radius 2 is 2.12 bits per heavy atom. The molecule has 1 rings (SSSR count). The Labute approximate surface area is 103 Å². The molecule has 0 amide bonds. The second kappa shape index (κ2) is 8.14. The predicted octanol–water partition coefficient (Wildman–Crippen LogP) is 3.09. The van der Waals surface area contributed by atoms with Crippen molar-refractivity contribution >= 4 is 0 Å². The molecule has 1 aromatic heterocycles. The third-order valence-corrected chi connectivity index (χ3v) is 2.91. The van der Waals surface area contributed by atoms with E-state index in [1.165, 1.54) is 31.7 Å². The van der Waals surface area contributed by atoms with Crippen molar-refractivity contribution in [2.24, 2.45) is 5.84 Å². The number of nitrogens with zero attached hydrogens (tertiary/aromatic N) is 1. The molecule has 0 aliphatic rings. The first-order valence-electron chi connectivity index (χ1n) is 6.36. The summed E-state index contributed by atoms with van der Waals surface area (Å²) in [7, 11) is 0. The molecule has 1 heterocycles. The molecule has 1 aromatic rings. The van der Waals surface area contributed by atoms with Crippen LogP contribution in [0.25, 0.3) is 0 Å². The van der Waals surface area contributed by atoms with Crippen molar-refractivity contribution in [1.29, 1.82) is 0 Å². The van der Waals surface area contributed by atoms with Gasteiger partial charge in [0.2, 0.25) is 0 Å². The average Bonchev–Trinajstić information content (AvgIpc) is 2.35. The summed E-state index contributed by atoms with van der Waals surface area (Å²) >= 11 is 0. The fourth-order valence-corrected chi connectivity index (χ4v) is 1.91. The van der Waals surface area contributed by atoms with Gasteiger partial charge in [-0.2, -0.15) is 0 Å². The van der Waals surface area contributed by atoms with E-state index in [-0.39, 0.29) is 11.9 Å². The van der Waals surface area contributed by atoms with Crippen LogP contribution in [0.4, 0.5) is 4.39 Å². The van der Waals surface area contributed by atoms with Gasteiger partial charge >= 0.3 is 0 Å². The Bertz CT molecular complexity index is 317. The van der Waals surface area contributed by atoms with Crippen LogP contribution in [0.3, 0.4) is 0 Å². The van der Waals surface area contributed by atoms with Crippen molar-refractivity contribution < 1.29 is 4.39 Å². The molecule has 1 unspecified atom stereocenters. The van der Waals surface area contributed by atoms with E-state index in [0.29, 0.717) is 5.69 Å². The Morgan fingerprint density at radius 3 is 2.76 bits per heavy atom. The van der Waals surface area contributed by atoms with E-state index in [9.17, 15) is 4.39 Å². The van der Waals surface area contributed by atoms with Crippen molar-refractivity contribution in [2.75, 3.05) is 0 Å². The predicted molar refractivity (Wildman–Crippen MR) is 67.6 cm³/mol. The Hall–Kier alpha value is -1.00. The maximum absolute atomic E-state index is 13.5. The number of nitrogens with two attached hydrogens (primary N) is 1. The number of rotatable bonds is 8. The summed E-state index contributed by atoms with van der Waals surface area (Å²) in [6.07, 6.45) is 8.37. The van der Waals surface area contributed by atoms with Crippen LogP contribution < -0.4 is 11.3 Å². The Morgan fingerprint density at radius 1 is 1.35 bits per heavy atom. The molecular weight excluding hydrogens is 217 g/mol. The van der Waals surface area contributed by atoms with Gasteiger partial charge in [-0.25, -0.2) is 4.39 Å². The maximum Gasteiger partial charge on any atom is 0.146 e. The van der Waals surface area contributed by atoms with Gasteiger partial charge in [-0.15, -0.1) is 0 Å². The van der Waals surface area contributed by atoms with Crippen molar-refractivity contribution in [3.63, 3.8) is 0 Å². The molecule has 0 radical (unpaired) electrons. The highest BCUT2D eigenvalue weighted by molar-refractivity contribution is 5.11. The van der Waals surface area contributed by atoms with Crippen LogP contribution in [0.15, 0.2) is 18.3 Å². The van der Waals surface area contributed by atoms with Crippen LogP contribution in [0.5, 0.6) is 0 Å².